The first-order chi connectivity index (χ1) is 13.1. The van der Waals surface area contributed by atoms with Gasteiger partial charge in [0.15, 0.2) is 0 Å². The molecule has 7 heteroatoms. The van der Waals surface area contributed by atoms with Gasteiger partial charge in [-0.3, -0.25) is 20.4 Å². The minimum atomic E-state index is -0.445. The van der Waals surface area contributed by atoms with Gasteiger partial charge in [0.05, 0.1) is 11.4 Å². The molecule has 4 rings (SSSR count). The highest BCUT2D eigenvalue weighted by atomic mass is 35.5. The molecule has 27 heavy (non-hydrogen) atoms. The fourth-order valence-electron chi connectivity index (χ4n) is 2.79. The molecule has 1 saturated carbocycles. The molecule has 0 saturated heterocycles. The maximum absolute atomic E-state index is 12.7. The second kappa shape index (κ2) is 7.25. The van der Waals surface area contributed by atoms with Crippen molar-refractivity contribution in [2.24, 2.45) is 0 Å². The van der Waals surface area contributed by atoms with Gasteiger partial charge in [0.2, 0.25) is 0 Å². The zero-order chi connectivity index (χ0) is 18.8. The highest BCUT2D eigenvalue weighted by molar-refractivity contribution is 6.30. The Morgan fingerprint density at radius 3 is 2.41 bits per heavy atom. The van der Waals surface area contributed by atoms with E-state index < -0.39 is 11.8 Å². The van der Waals surface area contributed by atoms with Gasteiger partial charge >= 0.3 is 0 Å². The van der Waals surface area contributed by atoms with Crippen LogP contribution in [0.4, 0.5) is 0 Å². The van der Waals surface area contributed by atoms with Gasteiger partial charge in [-0.05, 0) is 49.2 Å². The van der Waals surface area contributed by atoms with Gasteiger partial charge in [-0.25, -0.2) is 4.68 Å². The summed E-state index contributed by atoms with van der Waals surface area (Å²) in [4.78, 5) is 24.9. The van der Waals surface area contributed by atoms with E-state index in [1.807, 2.05) is 30.3 Å². The molecule has 1 fully saturated rings. The van der Waals surface area contributed by atoms with E-state index in [0.29, 0.717) is 22.2 Å². The van der Waals surface area contributed by atoms with Gasteiger partial charge < -0.3 is 0 Å². The van der Waals surface area contributed by atoms with E-state index in [-0.39, 0.29) is 0 Å². The average Bonchev–Trinajstić information content (AvgIpc) is 3.45. The van der Waals surface area contributed by atoms with Gasteiger partial charge in [0, 0.05) is 16.5 Å². The quantitative estimate of drug-likeness (QED) is 0.680. The molecule has 0 atom stereocenters. The Labute approximate surface area is 161 Å². The number of para-hydroxylation sites is 1. The largest absolute Gasteiger partial charge is 0.288 e. The van der Waals surface area contributed by atoms with Crippen LogP contribution in [0.2, 0.25) is 5.02 Å². The number of hydrogen-bond acceptors (Lipinski definition) is 3. The molecule has 2 aromatic carbocycles. The maximum Gasteiger partial charge on any atom is 0.288 e. The third-order valence-electron chi connectivity index (χ3n) is 4.33. The third kappa shape index (κ3) is 3.85. The Hall–Kier alpha value is -3.12. The monoisotopic (exact) mass is 380 g/mol. The Morgan fingerprint density at radius 2 is 1.70 bits per heavy atom. The summed E-state index contributed by atoms with van der Waals surface area (Å²) in [5, 5.41) is 5.04. The molecular formula is C20H17ClN4O2. The first-order valence-electron chi connectivity index (χ1n) is 8.63. The van der Waals surface area contributed by atoms with E-state index in [4.69, 9.17) is 11.6 Å². The fraction of sp³-hybridized carbons (Fsp3) is 0.150. The molecule has 3 aromatic rings. The summed E-state index contributed by atoms with van der Waals surface area (Å²) >= 11 is 5.90. The molecule has 0 aliphatic heterocycles. The first kappa shape index (κ1) is 17.3. The molecule has 1 aromatic heterocycles. The average molecular weight is 381 g/mol. The van der Waals surface area contributed by atoms with Crippen molar-refractivity contribution in [3.8, 4) is 5.69 Å². The van der Waals surface area contributed by atoms with Gasteiger partial charge in [0.1, 0.15) is 5.69 Å². The van der Waals surface area contributed by atoms with Crippen molar-refractivity contribution in [1.82, 2.24) is 20.6 Å². The minimum Gasteiger partial charge on any atom is -0.267 e. The molecule has 2 N–H and O–H groups in total. The van der Waals surface area contributed by atoms with Crippen molar-refractivity contribution >= 4 is 23.4 Å². The number of carbonyl (C=O) groups excluding carboxylic acids is 2. The number of hydrogen-bond donors (Lipinski definition) is 2. The second-order valence-electron chi connectivity index (χ2n) is 6.39. The lowest BCUT2D eigenvalue weighted by Gasteiger charge is -2.09. The number of nitrogens with zero attached hydrogens (tertiary/aromatic N) is 2. The highest BCUT2D eigenvalue weighted by Gasteiger charge is 2.29. The van der Waals surface area contributed by atoms with Gasteiger partial charge in [-0.2, -0.15) is 5.10 Å². The van der Waals surface area contributed by atoms with Crippen LogP contribution >= 0.6 is 11.6 Å². The van der Waals surface area contributed by atoms with Crippen molar-refractivity contribution in [2.75, 3.05) is 0 Å². The number of aromatic nitrogens is 2. The summed E-state index contributed by atoms with van der Waals surface area (Å²) in [6.45, 7) is 0. The molecule has 1 heterocycles. The summed E-state index contributed by atoms with van der Waals surface area (Å²) in [6, 6.07) is 17.7. The molecule has 1 aliphatic carbocycles. The Kier molecular flexibility index (Phi) is 4.64. The molecular weight excluding hydrogens is 364 g/mol. The Morgan fingerprint density at radius 1 is 0.963 bits per heavy atom. The molecule has 0 spiro atoms. The minimum absolute atomic E-state index is 0.359. The van der Waals surface area contributed by atoms with E-state index >= 15 is 0 Å². The lowest BCUT2D eigenvalue weighted by Crippen LogP contribution is -2.42. The van der Waals surface area contributed by atoms with Crippen LogP contribution in [-0.4, -0.2) is 21.6 Å². The number of hydrazine groups is 1. The van der Waals surface area contributed by atoms with Crippen LogP contribution in [0.1, 0.15) is 45.3 Å². The van der Waals surface area contributed by atoms with Gasteiger partial charge in [0.25, 0.3) is 11.8 Å². The SMILES string of the molecule is O=C(NNC(=O)c1cc(C2CC2)nn1-c1ccccc1)c1cccc(Cl)c1. The Bertz CT molecular complexity index is 996. The van der Waals surface area contributed by atoms with Gasteiger partial charge in [-0.15, -0.1) is 0 Å². The molecule has 1 aliphatic rings. The topological polar surface area (TPSA) is 76.0 Å². The van der Waals surface area contributed by atoms with Crippen LogP contribution in [-0.2, 0) is 0 Å². The molecule has 2 amide bonds. The fourth-order valence-corrected chi connectivity index (χ4v) is 2.98. The lowest BCUT2D eigenvalue weighted by atomic mass is 10.2. The van der Waals surface area contributed by atoms with Crippen molar-refractivity contribution in [1.29, 1.82) is 0 Å². The molecule has 6 nitrogen and oxygen atoms in total. The zero-order valence-electron chi connectivity index (χ0n) is 14.4. The predicted octanol–water partition coefficient (Wildman–Crippen LogP) is 3.48. The van der Waals surface area contributed by atoms with E-state index in [0.717, 1.165) is 24.2 Å². The summed E-state index contributed by atoms with van der Waals surface area (Å²) in [5.74, 6) is -0.477. The normalized spacial score (nSPS) is 13.2. The lowest BCUT2D eigenvalue weighted by molar-refractivity contribution is 0.0842. The smallest absolute Gasteiger partial charge is 0.267 e. The predicted molar refractivity (Wildman–Crippen MR) is 102 cm³/mol. The van der Waals surface area contributed by atoms with Crippen molar-refractivity contribution in [2.45, 2.75) is 18.8 Å². The number of nitrogens with one attached hydrogen (secondary N) is 2. The number of rotatable bonds is 4. The van der Waals surface area contributed by atoms with Crippen LogP contribution in [0.15, 0.2) is 60.7 Å². The summed E-state index contributed by atoms with van der Waals surface area (Å²) in [6.07, 6.45) is 2.16. The summed E-state index contributed by atoms with van der Waals surface area (Å²) in [7, 11) is 0. The van der Waals surface area contributed by atoms with Crippen molar-refractivity contribution in [3.63, 3.8) is 0 Å². The van der Waals surface area contributed by atoms with E-state index in [1.165, 1.54) is 6.07 Å². The van der Waals surface area contributed by atoms with Crippen LogP contribution in [0, 0.1) is 0 Å². The maximum atomic E-state index is 12.7. The second-order valence-corrected chi connectivity index (χ2v) is 6.83. The van der Waals surface area contributed by atoms with Crippen LogP contribution in [0.25, 0.3) is 5.69 Å². The highest BCUT2D eigenvalue weighted by Crippen LogP contribution is 2.39. The van der Waals surface area contributed by atoms with Gasteiger partial charge in [-0.1, -0.05) is 35.9 Å². The van der Waals surface area contributed by atoms with E-state index in [1.54, 1.807) is 28.9 Å². The van der Waals surface area contributed by atoms with E-state index in [2.05, 4.69) is 16.0 Å². The molecule has 136 valence electrons. The molecule has 0 bridgehead atoms. The molecule has 0 unspecified atom stereocenters. The summed E-state index contributed by atoms with van der Waals surface area (Å²) < 4.78 is 1.61. The van der Waals surface area contributed by atoms with Crippen molar-refractivity contribution < 1.29 is 9.59 Å². The Balaban J connectivity index is 1.54. The first-order valence-corrected chi connectivity index (χ1v) is 9.01. The number of amides is 2. The number of carbonyl (C=O) groups is 2. The number of benzene rings is 2. The van der Waals surface area contributed by atoms with Crippen molar-refractivity contribution in [3.05, 3.63) is 82.6 Å². The standard InChI is InChI=1S/C20H17ClN4O2/c21-15-6-4-5-14(11-15)19(26)22-23-20(27)18-12-17(13-9-10-13)24-25(18)16-7-2-1-3-8-16/h1-8,11-13H,9-10H2,(H,22,26)(H,23,27). The van der Waals surface area contributed by atoms with Crippen LogP contribution < -0.4 is 10.9 Å². The van der Waals surface area contributed by atoms with E-state index in [9.17, 15) is 9.59 Å². The third-order valence-corrected chi connectivity index (χ3v) is 4.57. The zero-order valence-corrected chi connectivity index (χ0v) is 15.1. The number of halogens is 1. The molecule has 0 radical (unpaired) electrons. The summed E-state index contributed by atoms with van der Waals surface area (Å²) in [5.41, 5.74) is 7.29. The van der Waals surface area contributed by atoms with Crippen LogP contribution in [0.5, 0.6) is 0 Å². The van der Waals surface area contributed by atoms with Crippen LogP contribution in [0.3, 0.4) is 0 Å².